The summed E-state index contributed by atoms with van der Waals surface area (Å²) < 4.78 is 5.78. The first-order valence-electron chi connectivity index (χ1n) is 11.2. The van der Waals surface area contributed by atoms with E-state index in [1.54, 1.807) is 6.20 Å². The van der Waals surface area contributed by atoms with Crippen molar-refractivity contribution in [1.82, 2.24) is 9.88 Å². The molecule has 1 saturated heterocycles. The lowest BCUT2D eigenvalue weighted by molar-refractivity contribution is 0.0547. The number of carbonyl (C=O) groups is 1. The van der Waals surface area contributed by atoms with E-state index >= 15 is 0 Å². The zero-order chi connectivity index (χ0) is 21.1. The predicted molar refractivity (Wildman–Crippen MR) is 119 cm³/mol. The van der Waals surface area contributed by atoms with E-state index in [0.29, 0.717) is 0 Å². The van der Waals surface area contributed by atoms with E-state index in [1.165, 1.54) is 5.56 Å². The molecule has 2 aliphatic rings. The number of anilines is 1. The van der Waals surface area contributed by atoms with Crippen LogP contribution in [0.2, 0.25) is 0 Å². The summed E-state index contributed by atoms with van der Waals surface area (Å²) in [6.07, 6.45) is 6.92. The third-order valence-corrected chi connectivity index (χ3v) is 6.03. The first-order chi connectivity index (χ1) is 14.4. The van der Waals surface area contributed by atoms with Gasteiger partial charge in [0.1, 0.15) is 11.4 Å². The van der Waals surface area contributed by atoms with Gasteiger partial charge in [-0.05, 0) is 71.0 Å². The van der Waals surface area contributed by atoms with Crippen LogP contribution in [0.4, 0.5) is 10.6 Å². The van der Waals surface area contributed by atoms with Crippen molar-refractivity contribution in [2.75, 3.05) is 11.4 Å². The monoisotopic (exact) mass is 407 g/mol. The maximum Gasteiger partial charge on any atom is 0.416 e. The van der Waals surface area contributed by atoms with Crippen LogP contribution in [-0.4, -0.2) is 34.2 Å². The molecule has 1 saturated carbocycles. The van der Waals surface area contributed by atoms with Crippen LogP contribution in [0, 0.1) is 0 Å². The summed E-state index contributed by atoms with van der Waals surface area (Å²) in [6, 6.07) is 15.2. The Kier molecular flexibility index (Phi) is 6.09. The Bertz CT molecular complexity index is 858. The third-order valence-electron chi connectivity index (χ3n) is 6.03. The summed E-state index contributed by atoms with van der Waals surface area (Å²) in [5.41, 5.74) is 1.93. The number of carbonyl (C=O) groups excluding carboxylic acids is 1. The van der Waals surface area contributed by atoms with Crippen molar-refractivity contribution < 1.29 is 9.53 Å². The molecule has 2 fully saturated rings. The van der Waals surface area contributed by atoms with Crippen molar-refractivity contribution in [3.05, 3.63) is 59.8 Å². The molecule has 4 rings (SSSR count). The molecule has 1 aliphatic carbocycles. The van der Waals surface area contributed by atoms with Gasteiger partial charge in [-0.15, -0.1) is 0 Å². The molecule has 5 nitrogen and oxygen atoms in total. The number of benzene rings is 1. The maximum absolute atomic E-state index is 13.2. The van der Waals surface area contributed by atoms with Gasteiger partial charge in [0.05, 0.1) is 0 Å². The summed E-state index contributed by atoms with van der Waals surface area (Å²) in [5, 5.41) is 0. The minimum Gasteiger partial charge on any atom is -0.443 e. The zero-order valence-electron chi connectivity index (χ0n) is 18.4. The Hall–Kier alpha value is -2.40. The topological polar surface area (TPSA) is 45.7 Å². The Balaban J connectivity index is 1.64. The number of hydrogen-bond donors (Lipinski definition) is 0. The van der Waals surface area contributed by atoms with Gasteiger partial charge in [0, 0.05) is 30.4 Å². The van der Waals surface area contributed by atoms with Crippen molar-refractivity contribution in [3.8, 4) is 0 Å². The number of hydrogen-bond acceptors (Lipinski definition) is 4. The molecule has 2 heterocycles. The zero-order valence-corrected chi connectivity index (χ0v) is 18.4. The average Bonchev–Trinajstić information content (AvgIpc) is 3.12. The SMILES string of the molecule is CC(C)(C)OC(=O)N(c1ncccc1[C@@H]1CCCN1Cc1ccccc1)C1CCC1. The minimum absolute atomic E-state index is 0.178. The Morgan fingerprint density at radius 1 is 1.10 bits per heavy atom. The molecule has 5 heteroatoms. The Morgan fingerprint density at radius 2 is 1.87 bits per heavy atom. The Labute approximate surface area is 180 Å². The van der Waals surface area contributed by atoms with E-state index in [4.69, 9.17) is 9.72 Å². The molecule has 0 bridgehead atoms. The molecule has 1 amide bonds. The molecule has 0 N–H and O–H groups in total. The highest BCUT2D eigenvalue weighted by atomic mass is 16.6. The number of rotatable bonds is 5. The minimum atomic E-state index is -0.527. The van der Waals surface area contributed by atoms with Crippen LogP contribution in [0.3, 0.4) is 0 Å². The van der Waals surface area contributed by atoms with E-state index in [1.807, 2.05) is 31.7 Å². The van der Waals surface area contributed by atoms with Gasteiger partial charge in [0.2, 0.25) is 0 Å². The van der Waals surface area contributed by atoms with Crippen LogP contribution in [0.25, 0.3) is 0 Å². The molecule has 0 spiro atoms. The molecule has 1 aromatic carbocycles. The third kappa shape index (κ3) is 4.67. The fourth-order valence-corrected chi connectivity index (χ4v) is 4.42. The van der Waals surface area contributed by atoms with E-state index in [-0.39, 0.29) is 18.2 Å². The van der Waals surface area contributed by atoms with Crippen LogP contribution in [0.15, 0.2) is 48.7 Å². The predicted octanol–water partition coefficient (Wildman–Crippen LogP) is 5.71. The number of ether oxygens (including phenoxy) is 1. The van der Waals surface area contributed by atoms with Gasteiger partial charge < -0.3 is 4.74 Å². The van der Waals surface area contributed by atoms with Gasteiger partial charge in [-0.25, -0.2) is 9.78 Å². The lowest BCUT2D eigenvalue weighted by Gasteiger charge is -2.39. The van der Waals surface area contributed by atoms with Crippen molar-refractivity contribution in [3.63, 3.8) is 0 Å². The van der Waals surface area contributed by atoms with Gasteiger partial charge in [-0.1, -0.05) is 36.4 Å². The molecule has 0 radical (unpaired) electrons. The highest BCUT2D eigenvalue weighted by Gasteiger charge is 2.37. The van der Waals surface area contributed by atoms with E-state index in [2.05, 4.69) is 41.3 Å². The maximum atomic E-state index is 13.2. The molecular weight excluding hydrogens is 374 g/mol. The fourth-order valence-electron chi connectivity index (χ4n) is 4.42. The summed E-state index contributed by atoms with van der Waals surface area (Å²) in [7, 11) is 0. The smallest absolute Gasteiger partial charge is 0.416 e. The quantitative estimate of drug-likeness (QED) is 0.637. The van der Waals surface area contributed by atoms with E-state index in [0.717, 1.165) is 56.6 Å². The second kappa shape index (κ2) is 8.76. The van der Waals surface area contributed by atoms with Gasteiger partial charge in [-0.2, -0.15) is 0 Å². The lowest BCUT2D eigenvalue weighted by atomic mass is 9.91. The van der Waals surface area contributed by atoms with Crippen molar-refractivity contribution in [2.24, 2.45) is 0 Å². The normalized spacial score (nSPS) is 20.0. The summed E-state index contributed by atoms with van der Waals surface area (Å²) >= 11 is 0. The van der Waals surface area contributed by atoms with Gasteiger partial charge in [0.15, 0.2) is 0 Å². The number of amides is 1. The summed E-state index contributed by atoms with van der Waals surface area (Å²) in [4.78, 5) is 22.3. The Morgan fingerprint density at radius 3 is 2.53 bits per heavy atom. The summed E-state index contributed by atoms with van der Waals surface area (Å²) in [5.74, 6) is 0.779. The molecule has 0 unspecified atom stereocenters. The van der Waals surface area contributed by atoms with Crippen LogP contribution >= 0.6 is 0 Å². The lowest BCUT2D eigenvalue weighted by Crippen LogP contribution is -2.48. The van der Waals surface area contributed by atoms with Crippen LogP contribution in [0.5, 0.6) is 0 Å². The number of pyridine rings is 1. The average molecular weight is 408 g/mol. The van der Waals surface area contributed by atoms with Gasteiger partial charge in [0.25, 0.3) is 0 Å². The second-order valence-corrected chi connectivity index (χ2v) is 9.47. The first kappa shape index (κ1) is 20.9. The molecule has 1 atom stereocenters. The van der Waals surface area contributed by atoms with Crippen LogP contribution in [-0.2, 0) is 11.3 Å². The standard InChI is InChI=1S/C25H33N3O2/c1-25(2,3)30-24(29)28(20-12-7-13-20)23-21(14-8-16-26-23)22-15-9-17-27(22)18-19-10-5-4-6-11-19/h4-6,8,10-11,14,16,20,22H,7,9,12-13,15,17-18H2,1-3H3/t22-/m0/s1. The molecule has 1 aromatic heterocycles. The number of likely N-dealkylation sites (tertiary alicyclic amines) is 1. The van der Waals surface area contributed by atoms with Crippen molar-refractivity contribution in [2.45, 2.75) is 77.1 Å². The molecule has 1 aliphatic heterocycles. The highest BCUT2D eigenvalue weighted by molar-refractivity contribution is 5.88. The largest absolute Gasteiger partial charge is 0.443 e. The van der Waals surface area contributed by atoms with E-state index in [9.17, 15) is 4.79 Å². The summed E-state index contributed by atoms with van der Waals surface area (Å²) in [6.45, 7) is 7.73. The van der Waals surface area contributed by atoms with Crippen LogP contribution < -0.4 is 4.90 Å². The van der Waals surface area contributed by atoms with E-state index < -0.39 is 5.60 Å². The van der Waals surface area contributed by atoms with Crippen molar-refractivity contribution in [1.29, 1.82) is 0 Å². The van der Waals surface area contributed by atoms with Gasteiger partial charge >= 0.3 is 6.09 Å². The first-order valence-corrected chi connectivity index (χ1v) is 11.2. The number of aromatic nitrogens is 1. The van der Waals surface area contributed by atoms with Crippen molar-refractivity contribution >= 4 is 11.9 Å². The fraction of sp³-hybridized carbons (Fsp3) is 0.520. The highest BCUT2D eigenvalue weighted by Crippen LogP contribution is 2.40. The second-order valence-electron chi connectivity index (χ2n) is 9.47. The van der Waals surface area contributed by atoms with Crippen LogP contribution in [0.1, 0.15) is 70.0 Å². The molecule has 160 valence electrons. The molecule has 30 heavy (non-hydrogen) atoms. The molecular formula is C25H33N3O2. The molecule has 2 aromatic rings. The number of nitrogens with zero attached hydrogens (tertiary/aromatic N) is 3. The van der Waals surface area contributed by atoms with Gasteiger partial charge in [-0.3, -0.25) is 9.80 Å².